The highest BCUT2D eigenvalue weighted by Crippen LogP contribution is 2.38. The second-order valence-corrected chi connectivity index (χ2v) is 9.55. The van der Waals surface area contributed by atoms with Gasteiger partial charge in [0.1, 0.15) is 23.9 Å². The number of hydrogen-bond donors (Lipinski definition) is 2. The molecule has 2 N–H and O–H groups in total. The Labute approximate surface area is 211 Å². The fourth-order valence-electron chi connectivity index (χ4n) is 3.59. The number of nitrogens with zero attached hydrogens (tertiary/aromatic N) is 1. The molecule has 1 fully saturated rings. The largest absolute Gasteiger partial charge is 0.508 e. The molecule has 2 heterocycles. The summed E-state index contributed by atoms with van der Waals surface area (Å²) in [6.07, 6.45) is 2.68. The van der Waals surface area contributed by atoms with Gasteiger partial charge in [0.05, 0.1) is 11.5 Å². The molecule has 5 rings (SSSR count). The van der Waals surface area contributed by atoms with Gasteiger partial charge in [-0.3, -0.25) is 4.90 Å². The minimum Gasteiger partial charge on any atom is -0.508 e. The Balaban J connectivity index is 0.000000158. The summed E-state index contributed by atoms with van der Waals surface area (Å²) in [5.41, 5.74) is 0. The average molecular weight is 500 g/mol. The summed E-state index contributed by atoms with van der Waals surface area (Å²) < 4.78 is 24.0. The SMILES string of the molecule is CC1CCN(CCOc2ccccc2)CC1.Oc1ccc2c(c1F)SCCO2.Oc1ccccc1. The molecule has 0 spiro atoms. The van der Waals surface area contributed by atoms with E-state index in [4.69, 9.17) is 19.7 Å². The van der Waals surface area contributed by atoms with Gasteiger partial charge in [-0.05, 0) is 68.2 Å². The highest BCUT2D eigenvalue weighted by atomic mass is 32.2. The number of phenols is 2. The van der Waals surface area contributed by atoms with E-state index in [1.54, 1.807) is 30.3 Å². The van der Waals surface area contributed by atoms with Crippen molar-refractivity contribution in [3.8, 4) is 23.0 Å². The van der Waals surface area contributed by atoms with Gasteiger partial charge in [-0.2, -0.15) is 0 Å². The van der Waals surface area contributed by atoms with Gasteiger partial charge in [-0.1, -0.05) is 43.3 Å². The van der Waals surface area contributed by atoms with E-state index in [9.17, 15) is 4.39 Å². The Bertz CT molecular complexity index is 999. The molecule has 0 radical (unpaired) electrons. The number of ether oxygens (including phenoxy) is 2. The third-order valence-electron chi connectivity index (χ3n) is 5.68. The zero-order chi connectivity index (χ0) is 24.9. The molecule has 0 saturated carbocycles. The van der Waals surface area contributed by atoms with Crippen molar-refractivity contribution in [2.75, 3.05) is 38.6 Å². The Morgan fingerprint density at radius 2 is 1.63 bits per heavy atom. The van der Waals surface area contributed by atoms with Gasteiger partial charge in [-0.25, -0.2) is 4.39 Å². The molecular weight excluding hydrogens is 465 g/mol. The molecule has 0 atom stereocenters. The van der Waals surface area contributed by atoms with E-state index < -0.39 is 5.82 Å². The lowest BCUT2D eigenvalue weighted by Gasteiger charge is -2.29. The fraction of sp³-hybridized carbons (Fsp3) is 0.357. The maximum Gasteiger partial charge on any atom is 0.182 e. The van der Waals surface area contributed by atoms with Gasteiger partial charge in [0.2, 0.25) is 0 Å². The van der Waals surface area contributed by atoms with Gasteiger partial charge in [0.25, 0.3) is 0 Å². The zero-order valence-electron chi connectivity index (χ0n) is 20.1. The van der Waals surface area contributed by atoms with E-state index in [-0.39, 0.29) is 5.75 Å². The van der Waals surface area contributed by atoms with Crippen LogP contribution in [0.1, 0.15) is 19.8 Å². The molecule has 1 saturated heterocycles. The Morgan fingerprint density at radius 3 is 2.26 bits per heavy atom. The van der Waals surface area contributed by atoms with Crippen molar-refractivity contribution in [1.82, 2.24) is 4.90 Å². The highest BCUT2D eigenvalue weighted by molar-refractivity contribution is 7.99. The molecular formula is C28H34FNO4S. The summed E-state index contributed by atoms with van der Waals surface area (Å²) in [5.74, 6) is 2.58. The fourth-order valence-corrected chi connectivity index (χ4v) is 4.47. The average Bonchev–Trinajstić information content (AvgIpc) is 2.90. The lowest BCUT2D eigenvalue weighted by molar-refractivity contribution is 0.160. The van der Waals surface area contributed by atoms with Crippen molar-refractivity contribution < 1.29 is 24.1 Å². The van der Waals surface area contributed by atoms with Gasteiger partial charge < -0.3 is 19.7 Å². The number of hydrogen-bond acceptors (Lipinski definition) is 6. The van der Waals surface area contributed by atoms with Crippen LogP contribution in [-0.2, 0) is 0 Å². The lowest BCUT2D eigenvalue weighted by Crippen LogP contribution is -2.35. The van der Waals surface area contributed by atoms with Crippen molar-refractivity contribution in [2.24, 2.45) is 5.92 Å². The maximum absolute atomic E-state index is 13.1. The van der Waals surface area contributed by atoms with Gasteiger partial charge in [0, 0.05) is 12.3 Å². The van der Waals surface area contributed by atoms with E-state index in [1.807, 2.05) is 36.4 Å². The van der Waals surface area contributed by atoms with Crippen LogP contribution in [0.4, 0.5) is 4.39 Å². The van der Waals surface area contributed by atoms with Gasteiger partial charge >= 0.3 is 0 Å². The van der Waals surface area contributed by atoms with E-state index in [1.165, 1.54) is 43.8 Å². The Hall–Kier alpha value is -2.90. The summed E-state index contributed by atoms with van der Waals surface area (Å²) >= 11 is 1.37. The number of para-hydroxylation sites is 2. The van der Waals surface area contributed by atoms with Crippen LogP contribution in [-0.4, -0.2) is 53.7 Å². The number of fused-ring (bicyclic) bond motifs is 1. The summed E-state index contributed by atoms with van der Waals surface area (Å²) in [5, 5.41) is 17.7. The summed E-state index contributed by atoms with van der Waals surface area (Å²) in [4.78, 5) is 2.92. The van der Waals surface area contributed by atoms with Crippen LogP contribution in [0.15, 0.2) is 77.7 Å². The van der Waals surface area contributed by atoms with Crippen molar-refractivity contribution in [3.63, 3.8) is 0 Å². The molecule has 2 aliphatic heterocycles. The number of phenolic OH excluding ortho intramolecular Hbond substituents is 2. The van der Waals surface area contributed by atoms with E-state index in [0.29, 0.717) is 23.0 Å². The maximum atomic E-state index is 13.1. The molecule has 0 aromatic heterocycles. The first kappa shape index (κ1) is 26.7. The monoisotopic (exact) mass is 499 g/mol. The second kappa shape index (κ2) is 14.5. The summed E-state index contributed by atoms with van der Waals surface area (Å²) in [6, 6.07) is 21.7. The normalized spacial score (nSPS) is 15.4. The number of piperidine rings is 1. The van der Waals surface area contributed by atoms with Crippen LogP contribution in [0.25, 0.3) is 0 Å². The van der Waals surface area contributed by atoms with E-state index in [2.05, 4.69) is 11.8 Å². The quantitative estimate of drug-likeness (QED) is 0.445. The van der Waals surface area contributed by atoms with Gasteiger partial charge in [-0.15, -0.1) is 11.8 Å². The van der Waals surface area contributed by atoms with Crippen molar-refractivity contribution in [1.29, 1.82) is 0 Å². The first-order chi connectivity index (χ1) is 17.0. The number of thioether (sulfide) groups is 1. The Morgan fingerprint density at radius 1 is 0.971 bits per heavy atom. The molecule has 3 aromatic rings. The molecule has 0 amide bonds. The van der Waals surface area contributed by atoms with Crippen LogP contribution in [0.2, 0.25) is 0 Å². The highest BCUT2D eigenvalue weighted by Gasteiger charge is 2.18. The van der Waals surface area contributed by atoms with Crippen LogP contribution in [0, 0.1) is 11.7 Å². The molecule has 2 aliphatic rings. The molecule has 7 heteroatoms. The minimum atomic E-state index is -0.572. The van der Waals surface area contributed by atoms with E-state index >= 15 is 0 Å². The third kappa shape index (κ3) is 9.34. The number of aromatic hydroxyl groups is 2. The molecule has 35 heavy (non-hydrogen) atoms. The first-order valence-corrected chi connectivity index (χ1v) is 12.9. The van der Waals surface area contributed by atoms with Crippen molar-refractivity contribution in [2.45, 2.75) is 24.7 Å². The standard InChI is InChI=1S/C14H21NO.C8H7FO2S.C6H6O/c1-13-7-9-15(10-8-13)11-12-16-14-5-3-2-4-6-14;9-7-5(10)1-2-6-8(7)12-4-3-11-6;7-6-4-2-1-3-5-6/h2-6,13H,7-12H2,1H3;1-2,10H,3-4H2;1-5,7H. The summed E-state index contributed by atoms with van der Waals surface area (Å²) in [7, 11) is 0. The van der Waals surface area contributed by atoms with Crippen molar-refractivity contribution >= 4 is 11.8 Å². The summed E-state index contributed by atoms with van der Waals surface area (Å²) in [6.45, 7) is 7.28. The molecule has 188 valence electrons. The van der Waals surface area contributed by atoms with Crippen molar-refractivity contribution in [3.05, 3.63) is 78.6 Å². The zero-order valence-corrected chi connectivity index (χ0v) is 20.9. The van der Waals surface area contributed by atoms with E-state index in [0.717, 1.165) is 30.6 Å². The Kier molecular flexibility index (Phi) is 11.1. The topological polar surface area (TPSA) is 62.2 Å². The minimum absolute atomic E-state index is 0.313. The van der Waals surface area contributed by atoms with Crippen LogP contribution >= 0.6 is 11.8 Å². The molecule has 0 aliphatic carbocycles. The predicted octanol–water partition coefficient (Wildman–Crippen LogP) is 6.21. The molecule has 0 unspecified atom stereocenters. The molecule has 5 nitrogen and oxygen atoms in total. The number of rotatable bonds is 4. The molecule has 3 aromatic carbocycles. The lowest BCUT2D eigenvalue weighted by atomic mass is 9.99. The van der Waals surface area contributed by atoms with Crippen LogP contribution in [0.3, 0.4) is 0 Å². The van der Waals surface area contributed by atoms with Gasteiger partial charge in [0.15, 0.2) is 11.6 Å². The predicted molar refractivity (Wildman–Crippen MR) is 139 cm³/mol. The third-order valence-corrected chi connectivity index (χ3v) is 6.72. The number of halogens is 1. The van der Waals surface area contributed by atoms with Crippen LogP contribution < -0.4 is 9.47 Å². The number of benzene rings is 3. The number of likely N-dealkylation sites (tertiary alicyclic amines) is 1. The van der Waals surface area contributed by atoms with Crippen LogP contribution in [0.5, 0.6) is 23.0 Å². The first-order valence-electron chi connectivity index (χ1n) is 11.9. The second-order valence-electron chi connectivity index (χ2n) is 8.44. The smallest absolute Gasteiger partial charge is 0.182 e. The molecule has 0 bridgehead atoms.